The summed E-state index contributed by atoms with van der Waals surface area (Å²) in [5.41, 5.74) is 2.22. The molecule has 1 aliphatic heterocycles. The van der Waals surface area contributed by atoms with E-state index in [0.29, 0.717) is 30.6 Å². The van der Waals surface area contributed by atoms with Gasteiger partial charge in [-0.25, -0.2) is 18.0 Å². The first-order chi connectivity index (χ1) is 18.2. The lowest BCUT2D eigenvalue weighted by Gasteiger charge is -2.27. The molecule has 0 aliphatic carbocycles. The predicted molar refractivity (Wildman–Crippen MR) is 143 cm³/mol. The van der Waals surface area contributed by atoms with E-state index in [9.17, 15) is 22.8 Å². The number of aryl methyl sites for hydroxylation is 1. The average molecular weight is 545 g/mol. The third kappa shape index (κ3) is 6.20. The summed E-state index contributed by atoms with van der Waals surface area (Å²) < 4.78 is 48.3. The Morgan fingerprint density at radius 3 is 2.51 bits per heavy atom. The van der Waals surface area contributed by atoms with Crippen LogP contribution < -0.4 is 0 Å². The van der Waals surface area contributed by atoms with Crippen LogP contribution in [0.1, 0.15) is 62.9 Å². The standard InChI is InChI=1S/C29H35F3N4O3/c1-17(2)36(16-26(31)32)27(37)23-13-20(30)7-8-21(23)22-11-19(12-25-24(22)14-33-34(25)6)18-9-10-35(15-18)28(38)39-29(3,4)5/h7-8,11-14,17-18,26H,9-10,15-16H2,1-6H3/t18-/m1/s1. The molecule has 1 fully saturated rings. The van der Waals surface area contributed by atoms with E-state index in [2.05, 4.69) is 5.10 Å². The van der Waals surface area contributed by atoms with Crippen LogP contribution >= 0.6 is 0 Å². The van der Waals surface area contributed by atoms with Crippen molar-refractivity contribution in [3.8, 4) is 11.1 Å². The molecule has 2 aromatic carbocycles. The molecule has 0 saturated carbocycles. The van der Waals surface area contributed by atoms with Crippen molar-refractivity contribution >= 4 is 22.9 Å². The number of hydrogen-bond donors (Lipinski definition) is 0. The van der Waals surface area contributed by atoms with Gasteiger partial charge in [0.15, 0.2) is 0 Å². The Balaban J connectivity index is 1.78. The van der Waals surface area contributed by atoms with Crippen molar-refractivity contribution in [1.29, 1.82) is 0 Å². The van der Waals surface area contributed by atoms with E-state index in [0.717, 1.165) is 27.4 Å². The lowest BCUT2D eigenvalue weighted by atomic mass is 9.90. The summed E-state index contributed by atoms with van der Waals surface area (Å²) >= 11 is 0. The molecule has 1 atom stereocenters. The van der Waals surface area contributed by atoms with Crippen molar-refractivity contribution in [3.05, 3.63) is 53.5 Å². The van der Waals surface area contributed by atoms with E-state index in [4.69, 9.17) is 4.74 Å². The fraction of sp³-hybridized carbons (Fsp3) is 0.483. The fourth-order valence-electron chi connectivity index (χ4n) is 5.01. The molecule has 1 aliphatic rings. The van der Waals surface area contributed by atoms with Crippen LogP contribution in [0.2, 0.25) is 0 Å². The molecule has 7 nitrogen and oxygen atoms in total. The van der Waals surface area contributed by atoms with Gasteiger partial charge in [-0.1, -0.05) is 6.07 Å². The van der Waals surface area contributed by atoms with Gasteiger partial charge in [-0.3, -0.25) is 9.48 Å². The van der Waals surface area contributed by atoms with Gasteiger partial charge < -0.3 is 14.5 Å². The summed E-state index contributed by atoms with van der Waals surface area (Å²) in [6, 6.07) is 7.31. The van der Waals surface area contributed by atoms with Gasteiger partial charge in [-0.15, -0.1) is 0 Å². The number of hydrogen-bond acceptors (Lipinski definition) is 4. The minimum Gasteiger partial charge on any atom is -0.444 e. The van der Waals surface area contributed by atoms with Crippen molar-refractivity contribution in [2.24, 2.45) is 7.05 Å². The number of carbonyl (C=O) groups is 2. The topological polar surface area (TPSA) is 67.7 Å². The van der Waals surface area contributed by atoms with E-state index in [1.54, 1.807) is 36.7 Å². The molecule has 39 heavy (non-hydrogen) atoms. The molecule has 0 bridgehead atoms. The molecule has 2 heterocycles. The predicted octanol–water partition coefficient (Wildman–Crippen LogP) is 6.22. The van der Waals surface area contributed by atoms with Crippen LogP contribution in [0.4, 0.5) is 18.0 Å². The Hall–Kier alpha value is -3.56. The Bertz CT molecular complexity index is 1380. The molecule has 4 rings (SSSR count). The van der Waals surface area contributed by atoms with Gasteiger partial charge in [0.25, 0.3) is 12.3 Å². The Morgan fingerprint density at radius 1 is 1.15 bits per heavy atom. The van der Waals surface area contributed by atoms with Crippen LogP contribution in [0.5, 0.6) is 0 Å². The first-order valence-corrected chi connectivity index (χ1v) is 13.1. The summed E-state index contributed by atoms with van der Waals surface area (Å²) in [6.45, 7) is 9.01. The van der Waals surface area contributed by atoms with Gasteiger partial charge in [0.05, 0.1) is 23.8 Å². The molecule has 2 amide bonds. The van der Waals surface area contributed by atoms with E-state index >= 15 is 0 Å². The fourth-order valence-corrected chi connectivity index (χ4v) is 5.01. The SMILES string of the molecule is CC(C)N(CC(F)F)C(=O)c1cc(F)ccc1-c1cc([C@@H]2CCN(C(=O)OC(C)(C)C)C2)cc2c1cnn2C. The van der Waals surface area contributed by atoms with Crippen molar-refractivity contribution < 1.29 is 27.5 Å². The highest BCUT2D eigenvalue weighted by Gasteiger charge is 2.32. The van der Waals surface area contributed by atoms with Gasteiger partial charge in [-0.05, 0) is 82.0 Å². The molecule has 0 N–H and O–H groups in total. The van der Waals surface area contributed by atoms with Crippen LogP contribution in [-0.2, 0) is 11.8 Å². The van der Waals surface area contributed by atoms with Gasteiger partial charge in [0.1, 0.15) is 11.4 Å². The monoisotopic (exact) mass is 544 g/mol. The number of ether oxygens (including phenoxy) is 1. The Kier molecular flexibility index (Phi) is 7.95. The summed E-state index contributed by atoms with van der Waals surface area (Å²) in [7, 11) is 1.80. The molecule has 10 heteroatoms. The van der Waals surface area contributed by atoms with E-state index in [1.165, 1.54) is 12.1 Å². The zero-order valence-electron chi connectivity index (χ0n) is 23.2. The van der Waals surface area contributed by atoms with Crippen LogP contribution in [0.15, 0.2) is 36.5 Å². The minimum atomic E-state index is -2.72. The number of likely N-dealkylation sites (tertiary alicyclic amines) is 1. The zero-order valence-corrected chi connectivity index (χ0v) is 23.2. The number of benzene rings is 2. The van der Waals surface area contributed by atoms with Crippen molar-refractivity contribution in [2.75, 3.05) is 19.6 Å². The van der Waals surface area contributed by atoms with Crippen LogP contribution in [0.25, 0.3) is 22.0 Å². The van der Waals surface area contributed by atoms with Crippen molar-refractivity contribution in [2.45, 2.75) is 65.0 Å². The van der Waals surface area contributed by atoms with Crippen molar-refractivity contribution in [1.82, 2.24) is 19.6 Å². The normalized spacial score (nSPS) is 16.0. The quantitative estimate of drug-likeness (QED) is 0.370. The lowest BCUT2D eigenvalue weighted by molar-refractivity contribution is 0.0292. The second-order valence-electron chi connectivity index (χ2n) is 11.3. The zero-order chi connectivity index (χ0) is 28.6. The number of amides is 2. The molecule has 3 aromatic rings. The third-order valence-corrected chi connectivity index (χ3v) is 6.92. The number of fused-ring (bicyclic) bond motifs is 1. The Morgan fingerprint density at radius 2 is 1.87 bits per heavy atom. The van der Waals surface area contributed by atoms with E-state index in [1.807, 2.05) is 32.9 Å². The molecule has 1 aromatic heterocycles. The van der Waals surface area contributed by atoms with Gasteiger partial charge in [0.2, 0.25) is 0 Å². The molecular weight excluding hydrogens is 509 g/mol. The number of rotatable bonds is 6. The van der Waals surface area contributed by atoms with E-state index < -0.39 is 36.3 Å². The highest BCUT2D eigenvalue weighted by atomic mass is 19.3. The number of alkyl halides is 2. The summed E-state index contributed by atoms with van der Waals surface area (Å²) in [4.78, 5) is 28.9. The average Bonchev–Trinajstić information content (AvgIpc) is 3.48. The van der Waals surface area contributed by atoms with Crippen LogP contribution in [0, 0.1) is 5.82 Å². The molecule has 210 valence electrons. The lowest BCUT2D eigenvalue weighted by Crippen LogP contribution is -2.40. The maximum Gasteiger partial charge on any atom is 0.410 e. The first kappa shape index (κ1) is 28.4. The van der Waals surface area contributed by atoms with E-state index in [-0.39, 0.29) is 17.6 Å². The molecule has 0 radical (unpaired) electrons. The van der Waals surface area contributed by atoms with Crippen LogP contribution in [-0.4, -0.2) is 69.3 Å². The van der Waals surface area contributed by atoms with Gasteiger partial charge in [0, 0.05) is 37.5 Å². The van der Waals surface area contributed by atoms with Crippen molar-refractivity contribution in [3.63, 3.8) is 0 Å². The Labute approximate surface area is 226 Å². The maximum atomic E-state index is 14.4. The molecule has 0 unspecified atom stereocenters. The second kappa shape index (κ2) is 10.9. The minimum absolute atomic E-state index is 0.00108. The molecular formula is C29H35F3N4O3. The van der Waals surface area contributed by atoms with Gasteiger partial charge >= 0.3 is 6.09 Å². The number of nitrogens with zero attached hydrogens (tertiary/aromatic N) is 4. The highest BCUT2D eigenvalue weighted by Crippen LogP contribution is 2.38. The summed E-state index contributed by atoms with van der Waals surface area (Å²) in [5.74, 6) is -1.30. The molecule has 0 spiro atoms. The largest absolute Gasteiger partial charge is 0.444 e. The number of halogens is 3. The summed E-state index contributed by atoms with van der Waals surface area (Å²) in [6.07, 6.45) is -0.706. The highest BCUT2D eigenvalue weighted by molar-refractivity contribution is 6.05. The smallest absolute Gasteiger partial charge is 0.410 e. The maximum absolute atomic E-state index is 14.4. The first-order valence-electron chi connectivity index (χ1n) is 13.1. The number of carbonyl (C=O) groups excluding carboxylic acids is 2. The molecule has 1 saturated heterocycles. The third-order valence-electron chi connectivity index (χ3n) is 6.92. The summed E-state index contributed by atoms with van der Waals surface area (Å²) in [5, 5.41) is 5.14. The van der Waals surface area contributed by atoms with Crippen LogP contribution in [0.3, 0.4) is 0 Å². The number of aromatic nitrogens is 2. The second-order valence-corrected chi connectivity index (χ2v) is 11.3. The van der Waals surface area contributed by atoms with Gasteiger partial charge in [-0.2, -0.15) is 5.10 Å².